The Morgan fingerprint density at radius 1 is 1.35 bits per heavy atom. The largest absolute Gasteiger partial charge is 0.497 e. The fourth-order valence-corrected chi connectivity index (χ4v) is 1.72. The van der Waals surface area contributed by atoms with Crippen LogP contribution in [-0.4, -0.2) is 26.1 Å². The van der Waals surface area contributed by atoms with Gasteiger partial charge in [0.15, 0.2) is 0 Å². The van der Waals surface area contributed by atoms with Crippen LogP contribution in [0.2, 0.25) is 0 Å². The minimum atomic E-state index is -0.341. The van der Waals surface area contributed by atoms with Gasteiger partial charge in [-0.1, -0.05) is 19.9 Å². The van der Waals surface area contributed by atoms with Gasteiger partial charge in [-0.15, -0.1) is 0 Å². The summed E-state index contributed by atoms with van der Waals surface area (Å²) in [6.07, 6.45) is 0. The number of halogens is 1. The highest BCUT2D eigenvalue weighted by atomic mass is 19.1. The highest BCUT2D eigenvalue weighted by Crippen LogP contribution is 2.21. The van der Waals surface area contributed by atoms with Gasteiger partial charge in [-0.3, -0.25) is 4.79 Å². The van der Waals surface area contributed by atoms with Crippen molar-refractivity contribution in [3.05, 3.63) is 29.6 Å². The number of nitrogens with one attached hydrogen (secondary N) is 2. The summed E-state index contributed by atoms with van der Waals surface area (Å²) in [4.78, 5) is 11.6. The van der Waals surface area contributed by atoms with Gasteiger partial charge in [0, 0.05) is 24.2 Å². The van der Waals surface area contributed by atoms with E-state index in [1.165, 1.54) is 13.2 Å². The molecule has 20 heavy (non-hydrogen) atoms. The first-order valence-electron chi connectivity index (χ1n) is 6.77. The maximum absolute atomic E-state index is 13.8. The second-order valence-corrected chi connectivity index (χ2v) is 5.19. The van der Waals surface area contributed by atoms with Gasteiger partial charge in [-0.05, 0) is 18.9 Å². The van der Waals surface area contributed by atoms with E-state index >= 15 is 0 Å². The Balaban J connectivity index is 2.50. The summed E-state index contributed by atoms with van der Waals surface area (Å²) >= 11 is 0. The third kappa shape index (κ3) is 5.17. The lowest BCUT2D eigenvalue weighted by atomic mass is 10.1. The van der Waals surface area contributed by atoms with Crippen molar-refractivity contribution in [1.29, 1.82) is 0 Å². The molecule has 2 N–H and O–H groups in total. The molecule has 1 aromatic carbocycles. The first-order chi connectivity index (χ1) is 9.43. The summed E-state index contributed by atoms with van der Waals surface area (Å²) in [5.74, 6) is 0.468. The van der Waals surface area contributed by atoms with E-state index in [-0.39, 0.29) is 24.3 Å². The Bertz CT molecular complexity index is 449. The molecule has 0 saturated carbocycles. The van der Waals surface area contributed by atoms with E-state index in [0.29, 0.717) is 23.8 Å². The number of rotatable bonds is 7. The van der Waals surface area contributed by atoms with Crippen molar-refractivity contribution in [3.63, 3.8) is 0 Å². The number of ether oxygens (including phenoxy) is 1. The van der Waals surface area contributed by atoms with E-state index in [9.17, 15) is 9.18 Å². The Hall–Kier alpha value is -1.62. The van der Waals surface area contributed by atoms with Crippen LogP contribution < -0.4 is 15.4 Å². The van der Waals surface area contributed by atoms with E-state index in [1.807, 2.05) is 20.8 Å². The van der Waals surface area contributed by atoms with Crippen LogP contribution in [0.15, 0.2) is 18.2 Å². The number of benzene rings is 1. The topological polar surface area (TPSA) is 50.4 Å². The second kappa shape index (κ2) is 7.85. The normalized spacial score (nSPS) is 12.3. The molecule has 0 aliphatic heterocycles. The van der Waals surface area contributed by atoms with Crippen LogP contribution in [0, 0.1) is 11.7 Å². The zero-order valence-electron chi connectivity index (χ0n) is 12.5. The van der Waals surface area contributed by atoms with Gasteiger partial charge in [0.25, 0.3) is 0 Å². The maximum Gasteiger partial charge on any atom is 0.233 e. The lowest BCUT2D eigenvalue weighted by molar-refractivity contribution is -0.120. The van der Waals surface area contributed by atoms with Crippen LogP contribution in [0.4, 0.5) is 4.39 Å². The van der Waals surface area contributed by atoms with Crippen LogP contribution in [-0.2, 0) is 4.79 Å². The number of carbonyl (C=O) groups is 1. The predicted molar refractivity (Wildman–Crippen MR) is 77.2 cm³/mol. The zero-order valence-corrected chi connectivity index (χ0v) is 12.5. The molecule has 1 aromatic rings. The number of methoxy groups -OCH3 is 1. The molecule has 0 spiro atoms. The highest BCUT2D eigenvalue weighted by Gasteiger charge is 2.12. The quantitative estimate of drug-likeness (QED) is 0.806. The summed E-state index contributed by atoms with van der Waals surface area (Å²) in [6.45, 7) is 6.69. The third-order valence-electron chi connectivity index (χ3n) is 2.95. The molecule has 0 fully saturated rings. The lowest BCUT2D eigenvalue weighted by Gasteiger charge is -2.16. The van der Waals surface area contributed by atoms with Crippen molar-refractivity contribution in [2.45, 2.75) is 26.8 Å². The van der Waals surface area contributed by atoms with Crippen molar-refractivity contribution in [2.75, 3.05) is 20.2 Å². The number of amides is 1. The molecule has 0 bridgehead atoms. The number of carbonyl (C=O) groups excluding carboxylic acids is 1. The molecule has 1 amide bonds. The summed E-state index contributed by atoms with van der Waals surface area (Å²) in [5, 5.41) is 5.81. The summed E-state index contributed by atoms with van der Waals surface area (Å²) in [5.41, 5.74) is 0.516. The second-order valence-electron chi connectivity index (χ2n) is 5.19. The molecule has 0 saturated heterocycles. The Labute approximate surface area is 119 Å². The molecule has 0 aliphatic rings. The monoisotopic (exact) mass is 282 g/mol. The van der Waals surface area contributed by atoms with Crippen molar-refractivity contribution >= 4 is 5.91 Å². The van der Waals surface area contributed by atoms with Crippen LogP contribution in [0.25, 0.3) is 0 Å². The summed E-state index contributed by atoms with van der Waals surface area (Å²) < 4.78 is 18.8. The van der Waals surface area contributed by atoms with E-state index in [1.54, 1.807) is 12.1 Å². The van der Waals surface area contributed by atoms with E-state index in [0.717, 1.165) is 0 Å². The lowest BCUT2D eigenvalue weighted by Crippen LogP contribution is -2.36. The van der Waals surface area contributed by atoms with Gasteiger partial charge < -0.3 is 15.4 Å². The van der Waals surface area contributed by atoms with Gasteiger partial charge in [-0.25, -0.2) is 4.39 Å². The third-order valence-corrected chi connectivity index (χ3v) is 2.95. The van der Waals surface area contributed by atoms with Crippen LogP contribution in [0.3, 0.4) is 0 Å². The first kappa shape index (κ1) is 16.4. The minimum absolute atomic E-state index is 0.0838. The first-order valence-corrected chi connectivity index (χ1v) is 6.77. The molecule has 0 heterocycles. The molecule has 0 aliphatic carbocycles. The van der Waals surface area contributed by atoms with E-state index in [2.05, 4.69) is 10.6 Å². The Morgan fingerprint density at radius 2 is 2.05 bits per heavy atom. The smallest absolute Gasteiger partial charge is 0.233 e. The minimum Gasteiger partial charge on any atom is -0.497 e. The highest BCUT2D eigenvalue weighted by molar-refractivity contribution is 5.78. The molecule has 1 unspecified atom stereocenters. The van der Waals surface area contributed by atoms with Crippen molar-refractivity contribution in [2.24, 2.45) is 5.92 Å². The van der Waals surface area contributed by atoms with Gasteiger partial charge >= 0.3 is 0 Å². The standard InChI is InChI=1S/C15H23FN2O2/c1-10(2)8-18-15(19)9-17-11(3)13-6-5-12(20-4)7-14(13)16/h5-7,10-11,17H,8-9H2,1-4H3,(H,18,19). The molecule has 4 nitrogen and oxygen atoms in total. The average Bonchev–Trinajstić information content (AvgIpc) is 2.42. The summed E-state index contributed by atoms with van der Waals surface area (Å²) in [7, 11) is 1.50. The van der Waals surface area contributed by atoms with E-state index < -0.39 is 0 Å². The molecule has 1 atom stereocenters. The van der Waals surface area contributed by atoms with Crippen molar-refractivity contribution < 1.29 is 13.9 Å². The average molecular weight is 282 g/mol. The molecule has 0 radical (unpaired) electrons. The zero-order chi connectivity index (χ0) is 15.1. The van der Waals surface area contributed by atoms with Gasteiger partial charge in [0.05, 0.1) is 13.7 Å². The fourth-order valence-electron chi connectivity index (χ4n) is 1.72. The van der Waals surface area contributed by atoms with Gasteiger partial charge in [0.1, 0.15) is 11.6 Å². The van der Waals surface area contributed by atoms with Crippen LogP contribution in [0.1, 0.15) is 32.4 Å². The fraction of sp³-hybridized carbons (Fsp3) is 0.533. The molecular weight excluding hydrogens is 259 g/mol. The van der Waals surface area contributed by atoms with Gasteiger partial charge in [-0.2, -0.15) is 0 Å². The Morgan fingerprint density at radius 3 is 2.60 bits per heavy atom. The predicted octanol–water partition coefficient (Wildman–Crippen LogP) is 2.26. The molecule has 0 aromatic heterocycles. The van der Waals surface area contributed by atoms with Crippen LogP contribution in [0.5, 0.6) is 5.75 Å². The number of hydrogen-bond acceptors (Lipinski definition) is 3. The van der Waals surface area contributed by atoms with Crippen molar-refractivity contribution in [3.8, 4) is 5.75 Å². The molecular formula is C15H23FN2O2. The molecule has 5 heteroatoms. The summed E-state index contributed by atoms with van der Waals surface area (Å²) in [6, 6.07) is 4.46. The van der Waals surface area contributed by atoms with E-state index in [4.69, 9.17) is 4.74 Å². The SMILES string of the molecule is COc1ccc(C(C)NCC(=O)NCC(C)C)c(F)c1. The number of hydrogen-bond donors (Lipinski definition) is 2. The van der Waals surface area contributed by atoms with Crippen molar-refractivity contribution in [1.82, 2.24) is 10.6 Å². The maximum atomic E-state index is 13.8. The molecule has 1 rings (SSSR count). The molecule has 112 valence electrons. The van der Waals surface area contributed by atoms with Crippen LogP contribution >= 0.6 is 0 Å². The van der Waals surface area contributed by atoms with Gasteiger partial charge in [0.2, 0.25) is 5.91 Å². The Kier molecular flexibility index (Phi) is 6.45.